The largest absolute Gasteiger partial charge is 0.507 e. The SMILES string of the molecule is CCC(NC(=O)OCc1ccccc1)C(=O)NS(=O)(=O)c1cc(C=CC(=O)c2c(OC)cc(O)c(CC=C(C)C)c2O)ccc1Cl. The summed E-state index contributed by atoms with van der Waals surface area (Å²) in [5.74, 6) is -2.45. The third kappa shape index (κ3) is 9.35. The Balaban J connectivity index is 1.78. The third-order valence-electron chi connectivity index (χ3n) is 6.66. The number of sulfonamides is 1. The van der Waals surface area contributed by atoms with Crippen LogP contribution < -0.4 is 14.8 Å². The van der Waals surface area contributed by atoms with Crippen LogP contribution in [0, 0.1) is 0 Å². The van der Waals surface area contributed by atoms with Gasteiger partial charge in [0.1, 0.15) is 40.4 Å². The molecule has 1 atom stereocenters. The van der Waals surface area contributed by atoms with Gasteiger partial charge in [-0.3, -0.25) is 9.59 Å². The molecule has 244 valence electrons. The molecule has 0 saturated heterocycles. The van der Waals surface area contributed by atoms with Crippen LogP contribution in [0.3, 0.4) is 0 Å². The summed E-state index contributed by atoms with van der Waals surface area (Å²) in [6.07, 6.45) is 3.48. The number of ketones is 1. The highest BCUT2D eigenvalue weighted by molar-refractivity contribution is 7.90. The molecule has 2 amide bonds. The molecule has 0 aliphatic carbocycles. The minimum absolute atomic E-state index is 0.0440. The minimum Gasteiger partial charge on any atom is -0.507 e. The van der Waals surface area contributed by atoms with E-state index < -0.39 is 44.5 Å². The number of hydrogen-bond acceptors (Lipinski definition) is 9. The van der Waals surface area contributed by atoms with Gasteiger partial charge in [-0.2, -0.15) is 0 Å². The molecule has 0 saturated carbocycles. The monoisotopic (exact) mass is 670 g/mol. The number of carbonyl (C=O) groups is 3. The van der Waals surface area contributed by atoms with Crippen LogP contribution in [0.15, 0.2) is 77.2 Å². The van der Waals surface area contributed by atoms with Crippen LogP contribution in [0.1, 0.15) is 54.2 Å². The van der Waals surface area contributed by atoms with Gasteiger partial charge in [-0.25, -0.2) is 17.9 Å². The first-order valence-electron chi connectivity index (χ1n) is 14.1. The summed E-state index contributed by atoms with van der Waals surface area (Å²) in [7, 11) is -3.25. The number of phenols is 2. The molecular weight excluding hydrogens is 636 g/mol. The number of ether oxygens (including phenoxy) is 2. The molecule has 0 heterocycles. The third-order valence-corrected chi connectivity index (χ3v) is 8.49. The molecule has 3 rings (SSSR count). The van der Waals surface area contributed by atoms with Crippen molar-refractivity contribution in [3.05, 3.63) is 99.6 Å². The number of hydrogen-bond donors (Lipinski definition) is 4. The van der Waals surface area contributed by atoms with Crippen molar-refractivity contribution in [3.8, 4) is 17.2 Å². The van der Waals surface area contributed by atoms with E-state index in [-0.39, 0.29) is 52.7 Å². The Kier molecular flexibility index (Phi) is 12.4. The molecule has 11 nitrogen and oxygen atoms in total. The first kappa shape index (κ1) is 35.7. The first-order valence-corrected chi connectivity index (χ1v) is 15.9. The topological polar surface area (TPSA) is 168 Å². The molecule has 3 aromatic rings. The predicted molar refractivity (Wildman–Crippen MR) is 173 cm³/mol. The Hall–Kier alpha value is -4.81. The van der Waals surface area contributed by atoms with Crippen molar-refractivity contribution >= 4 is 45.5 Å². The Morgan fingerprint density at radius 1 is 1.04 bits per heavy atom. The summed E-state index contributed by atoms with van der Waals surface area (Å²) in [5, 5.41) is 23.4. The van der Waals surface area contributed by atoms with Crippen LogP contribution in [-0.4, -0.2) is 49.6 Å². The second-order valence-electron chi connectivity index (χ2n) is 10.3. The van der Waals surface area contributed by atoms with E-state index in [1.54, 1.807) is 37.3 Å². The summed E-state index contributed by atoms with van der Waals surface area (Å²) in [4.78, 5) is 37.8. The van der Waals surface area contributed by atoms with E-state index in [9.17, 15) is 33.0 Å². The lowest BCUT2D eigenvalue weighted by atomic mass is 9.99. The maximum absolute atomic E-state index is 13.2. The van der Waals surface area contributed by atoms with Crippen molar-refractivity contribution < 1.29 is 42.5 Å². The Labute approximate surface area is 272 Å². The number of alkyl carbamates (subject to hydrolysis) is 1. The zero-order valence-electron chi connectivity index (χ0n) is 25.7. The van der Waals surface area contributed by atoms with E-state index in [1.807, 2.05) is 24.6 Å². The lowest BCUT2D eigenvalue weighted by Crippen LogP contribution is -2.48. The van der Waals surface area contributed by atoms with Gasteiger partial charge in [0.2, 0.25) is 0 Å². The van der Waals surface area contributed by atoms with Crippen LogP contribution in [-0.2, 0) is 32.6 Å². The maximum atomic E-state index is 13.2. The Morgan fingerprint density at radius 2 is 1.74 bits per heavy atom. The molecule has 13 heteroatoms. The van der Waals surface area contributed by atoms with Gasteiger partial charge in [0.25, 0.3) is 15.9 Å². The van der Waals surface area contributed by atoms with E-state index in [0.717, 1.165) is 23.3 Å². The summed E-state index contributed by atoms with van der Waals surface area (Å²) >= 11 is 6.18. The normalized spacial score (nSPS) is 11.8. The van der Waals surface area contributed by atoms with Crippen molar-refractivity contribution in [2.45, 2.75) is 51.2 Å². The van der Waals surface area contributed by atoms with Crippen molar-refractivity contribution in [1.82, 2.24) is 10.0 Å². The average Bonchev–Trinajstić information content (AvgIpc) is 3.01. The molecule has 0 aromatic heterocycles. The zero-order chi connectivity index (χ0) is 34.0. The fourth-order valence-corrected chi connectivity index (χ4v) is 5.74. The number of allylic oxidation sites excluding steroid dienone is 3. The highest BCUT2D eigenvalue weighted by Crippen LogP contribution is 2.39. The van der Waals surface area contributed by atoms with Crippen molar-refractivity contribution in [3.63, 3.8) is 0 Å². The number of amides is 2. The number of methoxy groups -OCH3 is 1. The molecule has 0 spiro atoms. The van der Waals surface area contributed by atoms with E-state index >= 15 is 0 Å². The van der Waals surface area contributed by atoms with Gasteiger partial charge in [-0.05, 0) is 56.0 Å². The number of benzene rings is 3. The van der Waals surface area contributed by atoms with Gasteiger partial charge in [0.15, 0.2) is 5.78 Å². The second kappa shape index (κ2) is 16.0. The molecule has 0 fully saturated rings. The number of aromatic hydroxyl groups is 2. The number of halogens is 1. The van der Waals surface area contributed by atoms with Crippen LogP contribution in [0.2, 0.25) is 5.02 Å². The highest BCUT2D eigenvalue weighted by atomic mass is 35.5. The molecular formula is C33H35ClN2O9S. The van der Waals surface area contributed by atoms with Crippen molar-refractivity contribution in [2.24, 2.45) is 0 Å². The smallest absolute Gasteiger partial charge is 0.408 e. The molecule has 4 N–H and O–H groups in total. The number of rotatable bonds is 13. The molecule has 0 aliphatic rings. The van der Waals surface area contributed by atoms with Gasteiger partial charge in [-0.1, -0.05) is 72.6 Å². The number of phenolic OH excluding ortho intramolecular Hbond substituents is 2. The second-order valence-corrected chi connectivity index (χ2v) is 12.4. The van der Waals surface area contributed by atoms with Crippen molar-refractivity contribution in [2.75, 3.05) is 7.11 Å². The van der Waals surface area contributed by atoms with Gasteiger partial charge in [-0.15, -0.1) is 0 Å². The number of carbonyl (C=O) groups excluding carboxylic acids is 3. The molecule has 0 aliphatic heterocycles. The molecule has 46 heavy (non-hydrogen) atoms. The first-order chi connectivity index (χ1) is 21.8. The highest BCUT2D eigenvalue weighted by Gasteiger charge is 2.27. The van der Waals surface area contributed by atoms with Gasteiger partial charge >= 0.3 is 6.09 Å². The van der Waals surface area contributed by atoms with Crippen LogP contribution in [0.25, 0.3) is 6.08 Å². The van der Waals surface area contributed by atoms with Gasteiger partial charge in [0, 0.05) is 11.6 Å². The standard InChI is InChI=1S/C33H35ClN2O9S/c1-5-25(35-33(41)45-19-22-9-7-6-8-10-22)32(40)36-46(42,43)29-17-21(12-15-24(29)34)13-16-26(37)30-28(44-4)18-27(38)23(31(30)39)14-11-20(2)3/h6-13,15-18,25,38-39H,5,14,19H2,1-4H3,(H,35,41)(H,36,40). The zero-order valence-corrected chi connectivity index (χ0v) is 27.2. The van der Waals surface area contributed by atoms with E-state index in [0.29, 0.717) is 0 Å². The van der Waals surface area contributed by atoms with E-state index in [2.05, 4.69) is 5.32 Å². The molecule has 0 radical (unpaired) electrons. The van der Waals surface area contributed by atoms with Crippen LogP contribution >= 0.6 is 11.6 Å². The lowest BCUT2D eigenvalue weighted by molar-refractivity contribution is -0.121. The van der Waals surface area contributed by atoms with E-state index in [4.69, 9.17) is 21.1 Å². The molecule has 0 bridgehead atoms. The summed E-state index contributed by atoms with van der Waals surface area (Å²) in [6.45, 7) is 5.23. The maximum Gasteiger partial charge on any atom is 0.408 e. The summed E-state index contributed by atoms with van der Waals surface area (Å²) < 4.78 is 38.6. The summed E-state index contributed by atoms with van der Waals surface area (Å²) in [5.41, 5.74) is 1.84. The predicted octanol–water partition coefficient (Wildman–Crippen LogP) is 5.67. The lowest BCUT2D eigenvalue weighted by Gasteiger charge is -2.17. The molecule has 3 aromatic carbocycles. The van der Waals surface area contributed by atoms with E-state index in [1.165, 1.54) is 31.4 Å². The average molecular weight is 671 g/mol. The summed E-state index contributed by atoms with van der Waals surface area (Å²) in [6, 6.07) is 12.7. The minimum atomic E-state index is -4.53. The van der Waals surface area contributed by atoms with Crippen molar-refractivity contribution in [1.29, 1.82) is 0 Å². The fraction of sp³-hybridized carbons (Fsp3) is 0.242. The Morgan fingerprint density at radius 3 is 2.37 bits per heavy atom. The van der Waals surface area contributed by atoms with Crippen LogP contribution in [0.5, 0.6) is 17.2 Å². The van der Waals surface area contributed by atoms with Gasteiger partial charge in [0.05, 0.1) is 12.1 Å². The molecule has 1 unspecified atom stereocenters. The fourth-order valence-electron chi connectivity index (χ4n) is 4.18. The van der Waals surface area contributed by atoms with Crippen LogP contribution in [0.4, 0.5) is 4.79 Å². The van der Waals surface area contributed by atoms with Gasteiger partial charge < -0.3 is 25.0 Å². The number of nitrogens with one attached hydrogen (secondary N) is 2. The quantitative estimate of drug-likeness (QED) is 0.102. The Bertz CT molecular complexity index is 1770.